The first-order valence-electron chi connectivity index (χ1n) is 11.6. The summed E-state index contributed by atoms with van der Waals surface area (Å²) in [4.78, 5) is 26.7. The molecule has 0 radical (unpaired) electrons. The van der Waals surface area contributed by atoms with E-state index in [1.54, 1.807) is 6.07 Å². The van der Waals surface area contributed by atoms with Crippen LogP contribution in [0.25, 0.3) is 0 Å². The fraction of sp³-hybridized carbons (Fsp3) is 0.286. The molecule has 4 N–H and O–H groups in total. The van der Waals surface area contributed by atoms with Gasteiger partial charge in [-0.3, -0.25) is 9.59 Å². The zero-order valence-corrected chi connectivity index (χ0v) is 18.8. The van der Waals surface area contributed by atoms with Crippen molar-refractivity contribution in [3.8, 4) is 0 Å². The standard InChI is InChI=1S/C28H29N3O2/c1-17(29)19-9-6-10-21(15-19)27(32)31-26-23-12-5-3-8-20(23)16-24(26)28(33)30-25-14-13-18-7-2-4-11-22(18)25/h2-12,15,17,24-26H,13-14,16,29H2,1H3,(H,30,33)(H,31,32). The molecule has 0 saturated heterocycles. The van der Waals surface area contributed by atoms with E-state index in [1.807, 2.05) is 61.5 Å². The molecule has 4 atom stereocenters. The van der Waals surface area contributed by atoms with Crippen LogP contribution >= 0.6 is 0 Å². The van der Waals surface area contributed by atoms with Crippen molar-refractivity contribution in [3.05, 3.63) is 106 Å². The van der Waals surface area contributed by atoms with Crippen LogP contribution in [0.15, 0.2) is 72.8 Å². The number of hydrogen-bond acceptors (Lipinski definition) is 3. The second kappa shape index (κ2) is 8.83. The van der Waals surface area contributed by atoms with Crippen LogP contribution in [0.4, 0.5) is 0 Å². The van der Waals surface area contributed by atoms with E-state index in [2.05, 4.69) is 22.8 Å². The number of benzene rings is 3. The average molecular weight is 440 g/mol. The first kappa shape index (κ1) is 21.4. The Morgan fingerprint density at radius 2 is 1.64 bits per heavy atom. The van der Waals surface area contributed by atoms with Crippen molar-refractivity contribution in [2.75, 3.05) is 0 Å². The summed E-state index contributed by atoms with van der Waals surface area (Å²) < 4.78 is 0. The van der Waals surface area contributed by atoms with Gasteiger partial charge in [-0.15, -0.1) is 0 Å². The number of fused-ring (bicyclic) bond motifs is 2. The first-order valence-corrected chi connectivity index (χ1v) is 11.6. The van der Waals surface area contributed by atoms with Crippen LogP contribution in [-0.2, 0) is 17.6 Å². The maximum Gasteiger partial charge on any atom is 0.251 e. The van der Waals surface area contributed by atoms with Gasteiger partial charge in [-0.05, 0) is 66.1 Å². The fourth-order valence-corrected chi connectivity index (χ4v) is 5.19. The summed E-state index contributed by atoms with van der Waals surface area (Å²) in [6.45, 7) is 1.89. The Morgan fingerprint density at radius 3 is 2.42 bits per heavy atom. The lowest BCUT2D eigenvalue weighted by atomic mass is 9.97. The Balaban J connectivity index is 1.38. The molecule has 2 amide bonds. The topological polar surface area (TPSA) is 84.2 Å². The smallest absolute Gasteiger partial charge is 0.251 e. The van der Waals surface area contributed by atoms with Crippen LogP contribution in [0.3, 0.4) is 0 Å². The minimum Gasteiger partial charge on any atom is -0.349 e. The SMILES string of the molecule is CC(N)c1cccc(C(=O)NC2c3ccccc3CC2C(=O)NC2CCc3ccccc32)c1. The molecule has 5 heteroatoms. The van der Waals surface area contributed by atoms with Crippen molar-refractivity contribution in [1.29, 1.82) is 0 Å². The van der Waals surface area contributed by atoms with Gasteiger partial charge < -0.3 is 16.4 Å². The molecule has 0 heterocycles. The number of carbonyl (C=O) groups is 2. The van der Waals surface area contributed by atoms with Crippen molar-refractivity contribution in [2.45, 2.75) is 44.3 Å². The van der Waals surface area contributed by atoms with Crippen LogP contribution in [0.5, 0.6) is 0 Å². The van der Waals surface area contributed by atoms with E-state index in [0.717, 1.165) is 29.5 Å². The fourth-order valence-electron chi connectivity index (χ4n) is 5.19. The third-order valence-electron chi connectivity index (χ3n) is 6.98. The highest BCUT2D eigenvalue weighted by Crippen LogP contribution is 2.38. The highest BCUT2D eigenvalue weighted by atomic mass is 16.2. The Bertz CT molecular complexity index is 1200. The van der Waals surface area contributed by atoms with Crippen molar-refractivity contribution in [3.63, 3.8) is 0 Å². The van der Waals surface area contributed by atoms with E-state index in [0.29, 0.717) is 12.0 Å². The third kappa shape index (κ3) is 4.16. The van der Waals surface area contributed by atoms with Gasteiger partial charge in [0.15, 0.2) is 0 Å². The number of aryl methyl sites for hydroxylation is 1. The molecular formula is C28H29N3O2. The molecule has 5 nitrogen and oxygen atoms in total. The molecule has 0 aromatic heterocycles. The van der Waals surface area contributed by atoms with Crippen molar-refractivity contribution in [2.24, 2.45) is 11.7 Å². The zero-order chi connectivity index (χ0) is 22.9. The van der Waals surface area contributed by atoms with E-state index < -0.39 is 0 Å². The normalized spacial score (nSPS) is 21.7. The lowest BCUT2D eigenvalue weighted by Gasteiger charge is -2.24. The van der Waals surface area contributed by atoms with Crippen LogP contribution in [0.1, 0.15) is 69.6 Å². The van der Waals surface area contributed by atoms with Gasteiger partial charge in [0.2, 0.25) is 5.91 Å². The van der Waals surface area contributed by atoms with Gasteiger partial charge in [0.1, 0.15) is 0 Å². The van der Waals surface area contributed by atoms with Crippen LogP contribution in [0.2, 0.25) is 0 Å². The number of nitrogens with one attached hydrogen (secondary N) is 2. The molecule has 2 aliphatic rings. The van der Waals surface area contributed by atoms with Crippen molar-refractivity contribution < 1.29 is 9.59 Å². The molecule has 0 saturated carbocycles. The molecule has 3 aromatic carbocycles. The second-order valence-corrected chi connectivity index (χ2v) is 9.17. The molecule has 0 fully saturated rings. The number of carbonyl (C=O) groups excluding carboxylic acids is 2. The van der Waals surface area contributed by atoms with Crippen molar-refractivity contribution in [1.82, 2.24) is 10.6 Å². The van der Waals surface area contributed by atoms with Gasteiger partial charge >= 0.3 is 0 Å². The van der Waals surface area contributed by atoms with E-state index in [9.17, 15) is 9.59 Å². The second-order valence-electron chi connectivity index (χ2n) is 9.17. The number of nitrogens with two attached hydrogens (primary N) is 1. The molecule has 4 unspecified atom stereocenters. The predicted molar refractivity (Wildman–Crippen MR) is 129 cm³/mol. The van der Waals surface area contributed by atoms with Gasteiger partial charge in [0.05, 0.1) is 18.0 Å². The number of amides is 2. The van der Waals surface area contributed by atoms with Crippen LogP contribution in [0, 0.1) is 5.92 Å². The van der Waals surface area contributed by atoms with Gasteiger partial charge in [-0.1, -0.05) is 60.7 Å². The molecule has 0 spiro atoms. The summed E-state index contributed by atoms with van der Waals surface area (Å²) in [5, 5.41) is 6.42. The Morgan fingerprint density at radius 1 is 0.909 bits per heavy atom. The lowest BCUT2D eigenvalue weighted by molar-refractivity contribution is -0.126. The zero-order valence-electron chi connectivity index (χ0n) is 18.8. The van der Waals surface area contributed by atoms with Gasteiger partial charge in [-0.25, -0.2) is 0 Å². The van der Waals surface area contributed by atoms with E-state index in [1.165, 1.54) is 11.1 Å². The summed E-state index contributed by atoms with van der Waals surface area (Å²) in [5.74, 6) is -0.554. The van der Waals surface area contributed by atoms with Crippen LogP contribution in [-0.4, -0.2) is 11.8 Å². The molecule has 33 heavy (non-hydrogen) atoms. The summed E-state index contributed by atoms with van der Waals surface area (Å²) in [5.41, 5.74) is 12.1. The van der Waals surface area contributed by atoms with Crippen molar-refractivity contribution >= 4 is 11.8 Å². The minimum absolute atomic E-state index is 0.0115. The van der Waals surface area contributed by atoms with Gasteiger partial charge in [-0.2, -0.15) is 0 Å². The molecular weight excluding hydrogens is 410 g/mol. The molecule has 5 rings (SSSR count). The summed E-state index contributed by atoms with van der Waals surface area (Å²) in [6, 6.07) is 23.2. The van der Waals surface area contributed by atoms with E-state index >= 15 is 0 Å². The summed E-state index contributed by atoms with van der Waals surface area (Å²) in [6.07, 6.45) is 2.50. The Kier molecular flexibility index (Phi) is 5.73. The Labute approximate surface area is 194 Å². The average Bonchev–Trinajstić information content (AvgIpc) is 3.41. The maximum atomic E-state index is 13.5. The first-order chi connectivity index (χ1) is 16.0. The largest absolute Gasteiger partial charge is 0.349 e. The quantitative estimate of drug-likeness (QED) is 0.558. The predicted octanol–water partition coefficient (Wildman–Crippen LogP) is 4.15. The van der Waals surface area contributed by atoms with Gasteiger partial charge in [0.25, 0.3) is 5.91 Å². The third-order valence-corrected chi connectivity index (χ3v) is 6.98. The van der Waals surface area contributed by atoms with E-state index in [4.69, 9.17) is 5.73 Å². The number of rotatable bonds is 5. The van der Waals surface area contributed by atoms with E-state index in [-0.39, 0.29) is 35.9 Å². The molecule has 2 aliphatic carbocycles. The molecule has 168 valence electrons. The molecule has 3 aromatic rings. The monoisotopic (exact) mass is 439 g/mol. The molecule has 0 bridgehead atoms. The van der Waals surface area contributed by atoms with Gasteiger partial charge in [0, 0.05) is 11.6 Å². The number of hydrogen-bond donors (Lipinski definition) is 3. The molecule has 0 aliphatic heterocycles. The summed E-state index contributed by atoms with van der Waals surface area (Å²) in [7, 11) is 0. The highest BCUT2D eigenvalue weighted by molar-refractivity contribution is 5.95. The van der Waals surface area contributed by atoms with Crippen LogP contribution < -0.4 is 16.4 Å². The summed E-state index contributed by atoms with van der Waals surface area (Å²) >= 11 is 0. The minimum atomic E-state index is -0.371. The Hall–Kier alpha value is -3.44. The maximum absolute atomic E-state index is 13.5. The highest BCUT2D eigenvalue weighted by Gasteiger charge is 2.39. The lowest BCUT2D eigenvalue weighted by Crippen LogP contribution is -2.40.